The van der Waals surface area contributed by atoms with E-state index >= 15 is 0 Å². The Morgan fingerprint density at radius 2 is 1.74 bits per heavy atom. The van der Waals surface area contributed by atoms with Gasteiger partial charge in [-0.2, -0.15) is 0 Å². The van der Waals surface area contributed by atoms with Gasteiger partial charge >= 0.3 is 11.7 Å². The minimum absolute atomic E-state index is 0.120. The van der Waals surface area contributed by atoms with Crippen LogP contribution < -0.4 is 11.0 Å². The van der Waals surface area contributed by atoms with E-state index < -0.39 is 11.9 Å². The Labute approximate surface area is 155 Å². The first-order valence-electron chi connectivity index (χ1n) is 8.73. The third-order valence-electron chi connectivity index (χ3n) is 4.58. The molecule has 7 nitrogen and oxygen atoms in total. The molecule has 0 saturated carbocycles. The topological polar surface area (TPSA) is 93.3 Å². The number of aliphatic carboxylic acids is 1. The van der Waals surface area contributed by atoms with Gasteiger partial charge in [-0.3, -0.25) is 18.7 Å². The number of carboxylic acids is 1. The molecule has 2 aromatic carbocycles. The molecule has 0 saturated heterocycles. The molecule has 0 spiro atoms. The van der Waals surface area contributed by atoms with Gasteiger partial charge in [-0.25, -0.2) is 4.79 Å². The standard InChI is InChI=1S/C20H21N3O4/c1-3-22-16-9-4-5-10-17(16)23(20(22)27)12-18(24)21-15-8-6-7-14(11-15)13(2)19(25)26/h4-11,13H,3,12H2,1-2H3,(H,21,24)(H,25,26). The normalized spacial score (nSPS) is 12.1. The lowest BCUT2D eigenvalue weighted by molar-refractivity contribution is -0.138. The maximum atomic E-state index is 12.6. The fourth-order valence-corrected chi connectivity index (χ4v) is 3.10. The molecule has 0 aliphatic heterocycles. The summed E-state index contributed by atoms with van der Waals surface area (Å²) in [4.78, 5) is 36.2. The lowest BCUT2D eigenvalue weighted by atomic mass is 10.0. The van der Waals surface area contributed by atoms with Gasteiger partial charge in [-0.15, -0.1) is 0 Å². The Morgan fingerprint density at radius 1 is 1.07 bits per heavy atom. The summed E-state index contributed by atoms with van der Waals surface area (Å²) in [6.07, 6.45) is 0. The molecule has 1 amide bonds. The fourth-order valence-electron chi connectivity index (χ4n) is 3.10. The molecule has 1 aromatic heterocycles. The first kappa shape index (κ1) is 18.4. The van der Waals surface area contributed by atoms with E-state index in [4.69, 9.17) is 5.11 Å². The van der Waals surface area contributed by atoms with Gasteiger partial charge in [-0.05, 0) is 43.7 Å². The molecule has 140 valence electrons. The number of fused-ring (bicyclic) bond motifs is 1. The van der Waals surface area contributed by atoms with Gasteiger partial charge in [0.1, 0.15) is 6.54 Å². The highest BCUT2D eigenvalue weighted by Crippen LogP contribution is 2.20. The van der Waals surface area contributed by atoms with Crippen LogP contribution in [0.1, 0.15) is 25.3 Å². The Bertz CT molecular complexity index is 1060. The molecule has 1 atom stereocenters. The van der Waals surface area contributed by atoms with Crippen LogP contribution in [0.15, 0.2) is 53.3 Å². The van der Waals surface area contributed by atoms with E-state index in [0.29, 0.717) is 23.3 Å². The molecule has 27 heavy (non-hydrogen) atoms. The second-order valence-corrected chi connectivity index (χ2v) is 6.34. The van der Waals surface area contributed by atoms with Crippen LogP contribution in [0.2, 0.25) is 0 Å². The summed E-state index contributed by atoms with van der Waals surface area (Å²) in [5, 5.41) is 11.9. The maximum absolute atomic E-state index is 12.6. The van der Waals surface area contributed by atoms with Crippen LogP contribution in [0.5, 0.6) is 0 Å². The van der Waals surface area contributed by atoms with Crippen molar-refractivity contribution in [2.45, 2.75) is 32.9 Å². The molecular weight excluding hydrogens is 346 g/mol. The Balaban J connectivity index is 1.84. The van der Waals surface area contributed by atoms with Crippen molar-refractivity contribution in [2.75, 3.05) is 5.32 Å². The monoisotopic (exact) mass is 367 g/mol. The number of nitrogens with zero attached hydrogens (tertiary/aromatic N) is 2. The molecule has 7 heteroatoms. The minimum atomic E-state index is -0.933. The zero-order chi connectivity index (χ0) is 19.6. The van der Waals surface area contributed by atoms with Crippen LogP contribution in [-0.4, -0.2) is 26.1 Å². The number of carboxylic acid groups (broad SMARTS) is 1. The van der Waals surface area contributed by atoms with Crippen LogP contribution in [0.25, 0.3) is 11.0 Å². The van der Waals surface area contributed by atoms with Gasteiger partial charge in [0, 0.05) is 12.2 Å². The summed E-state index contributed by atoms with van der Waals surface area (Å²) in [6, 6.07) is 14.1. The Hall–Kier alpha value is -3.35. The molecule has 3 aromatic rings. The summed E-state index contributed by atoms with van der Waals surface area (Å²) in [5.74, 6) is -1.96. The van der Waals surface area contributed by atoms with Gasteiger partial charge in [-0.1, -0.05) is 24.3 Å². The lowest BCUT2D eigenvalue weighted by Gasteiger charge is -2.10. The van der Waals surface area contributed by atoms with E-state index in [-0.39, 0.29) is 18.1 Å². The number of nitrogens with one attached hydrogen (secondary N) is 1. The second kappa shape index (κ2) is 7.49. The SMILES string of the molecule is CCn1c(=O)n(CC(=O)Nc2cccc(C(C)C(=O)O)c2)c2ccccc21. The van der Waals surface area contributed by atoms with Crippen molar-refractivity contribution in [3.8, 4) is 0 Å². The molecule has 0 aliphatic carbocycles. The largest absolute Gasteiger partial charge is 0.481 e. The number of hydrogen-bond acceptors (Lipinski definition) is 3. The average molecular weight is 367 g/mol. The molecule has 1 heterocycles. The maximum Gasteiger partial charge on any atom is 0.329 e. The van der Waals surface area contributed by atoms with Gasteiger partial charge < -0.3 is 10.4 Å². The molecule has 0 bridgehead atoms. The van der Waals surface area contributed by atoms with Gasteiger partial charge in [0.25, 0.3) is 0 Å². The number of para-hydroxylation sites is 2. The number of hydrogen-bond donors (Lipinski definition) is 2. The van der Waals surface area contributed by atoms with Crippen LogP contribution in [0, 0.1) is 0 Å². The summed E-state index contributed by atoms with van der Waals surface area (Å²) in [5.41, 5.74) is 2.35. The third-order valence-corrected chi connectivity index (χ3v) is 4.58. The molecular formula is C20H21N3O4. The number of amides is 1. The van der Waals surface area contributed by atoms with Crippen molar-refractivity contribution >= 4 is 28.6 Å². The van der Waals surface area contributed by atoms with Crippen LogP contribution in [0.4, 0.5) is 5.69 Å². The quantitative estimate of drug-likeness (QED) is 0.700. The number of imidazole rings is 1. The van der Waals surface area contributed by atoms with Gasteiger partial charge in [0.15, 0.2) is 0 Å². The molecule has 1 unspecified atom stereocenters. The summed E-state index contributed by atoms with van der Waals surface area (Å²) >= 11 is 0. The van der Waals surface area contributed by atoms with E-state index in [0.717, 1.165) is 5.52 Å². The first-order chi connectivity index (χ1) is 12.9. The minimum Gasteiger partial charge on any atom is -0.481 e. The first-order valence-corrected chi connectivity index (χ1v) is 8.73. The molecule has 0 aliphatic rings. The average Bonchev–Trinajstić information content (AvgIpc) is 2.92. The van der Waals surface area contributed by atoms with E-state index in [2.05, 4.69) is 5.32 Å². The Morgan fingerprint density at radius 3 is 2.37 bits per heavy atom. The highest BCUT2D eigenvalue weighted by atomic mass is 16.4. The molecule has 2 N–H and O–H groups in total. The number of carbonyl (C=O) groups is 2. The summed E-state index contributed by atoms with van der Waals surface area (Å²) < 4.78 is 3.07. The highest BCUT2D eigenvalue weighted by molar-refractivity contribution is 5.92. The van der Waals surface area contributed by atoms with E-state index in [9.17, 15) is 14.4 Å². The fraction of sp³-hybridized carbons (Fsp3) is 0.250. The van der Waals surface area contributed by atoms with Crippen LogP contribution >= 0.6 is 0 Å². The zero-order valence-corrected chi connectivity index (χ0v) is 15.2. The van der Waals surface area contributed by atoms with Crippen LogP contribution in [0.3, 0.4) is 0 Å². The van der Waals surface area contributed by atoms with Gasteiger partial charge in [0.2, 0.25) is 5.91 Å². The number of carbonyl (C=O) groups excluding carboxylic acids is 1. The molecule has 3 rings (SSSR count). The number of anilines is 1. The van der Waals surface area contributed by atoms with Crippen LogP contribution in [-0.2, 0) is 22.7 Å². The van der Waals surface area contributed by atoms with Crippen molar-refractivity contribution in [1.29, 1.82) is 0 Å². The Kier molecular flexibility index (Phi) is 5.12. The van der Waals surface area contributed by atoms with E-state index in [1.165, 1.54) is 4.57 Å². The summed E-state index contributed by atoms with van der Waals surface area (Å²) in [7, 11) is 0. The van der Waals surface area contributed by atoms with E-state index in [1.807, 2.05) is 31.2 Å². The third kappa shape index (κ3) is 3.62. The predicted octanol–water partition coefficient (Wildman–Crippen LogP) is 2.65. The van der Waals surface area contributed by atoms with E-state index in [1.54, 1.807) is 35.8 Å². The number of benzene rings is 2. The number of rotatable bonds is 6. The van der Waals surface area contributed by atoms with Crippen molar-refractivity contribution in [2.24, 2.45) is 0 Å². The van der Waals surface area contributed by atoms with Crippen molar-refractivity contribution < 1.29 is 14.7 Å². The van der Waals surface area contributed by atoms with Crippen molar-refractivity contribution in [3.05, 3.63) is 64.6 Å². The predicted molar refractivity (Wildman–Crippen MR) is 103 cm³/mol. The number of aromatic nitrogens is 2. The molecule has 0 radical (unpaired) electrons. The number of aryl methyl sites for hydroxylation is 1. The smallest absolute Gasteiger partial charge is 0.329 e. The van der Waals surface area contributed by atoms with Crippen molar-refractivity contribution in [1.82, 2.24) is 9.13 Å². The summed E-state index contributed by atoms with van der Waals surface area (Å²) in [6.45, 7) is 3.87. The van der Waals surface area contributed by atoms with Crippen molar-refractivity contribution in [3.63, 3.8) is 0 Å². The van der Waals surface area contributed by atoms with Gasteiger partial charge in [0.05, 0.1) is 17.0 Å². The second-order valence-electron chi connectivity index (χ2n) is 6.34. The lowest BCUT2D eigenvalue weighted by Crippen LogP contribution is -2.29. The highest BCUT2D eigenvalue weighted by Gasteiger charge is 2.16. The molecule has 0 fully saturated rings. The zero-order valence-electron chi connectivity index (χ0n) is 15.2.